The number of halogens is 1. The SMILES string of the molecule is COc1ccc(C)cc1C(=O)NC1CCCCC1Cl. The third kappa shape index (κ3) is 3.41. The number of aryl methyl sites for hydroxylation is 1. The van der Waals surface area contributed by atoms with Crippen LogP contribution in [0.5, 0.6) is 5.75 Å². The van der Waals surface area contributed by atoms with Gasteiger partial charge in [-0.3, -0.25) is 4.79 Å². The Morgan fingerprint density at radius 3 is 2.79 bits per heavy atom. The fourth-order valence-electron chi connectivity index (χ4n) is 2.49. The Bertz CT molecular complexity index is 461. The Balaban J connectivity index is 2.13. The van der Waals surface area contributed by atoms with Crippen molar-refractivity contribution in [2.45, 2.75) is 44.0 Å². The van der Waals surface area contributed by atoms with Gasteiger partial charge in [-0.1, -0.05) is 24.5 Å². The van der Waals surface area contributed by atoms with Crippen molar-refractivity contribution >= 4 is 17.5 Å². The molecule has 1 aromatic rings. The molecule has 2 unspecified atom stereocenters. The van der Waals surface area contributed by atoms with Gasteiger partial charge in [-0.05, 0) is 31.9 Å². The quantitative estimate of drug-likeness (QED) is 0.864. The van der Waals surface area contributed by atoms with Gasteiger partial charge in [0.15, 0.2) is 0 Å². The van der Waals surface area contributed by atoms with Crippen LogP contribution in [0.1, 0.15) is 41.6 Å². The first-order valence-electron chi connectivity index (χ1n) is 6.71. The minimum atomic E-state index is -0.0990. The van der Waals surface area contributed by atoms with Crippen molar-refractivity contribution in [1.82, 2.24) is 5.32 Å². The summed E-state index contributed by atoms with van der Waals surface area (Å²) in [7, 11) is 1.58. The number of methoxy groups -OCH3 is 1. The second-order valence-electron chi connectivity index (χ2n) is 5.08. The number of rotatable bonds is 3. The number of nitrogens with one attached hydrogen (secondary N) is 1. The Labute approximate surface area is 119 Å². The normalized spacial score (nSPS) is 22.9. The van der Waals surface area contributed by atoms with E-state index in [1.165, 1.54) is 0 Å². The summed E-state index contributed by atoms with van der Waals surface area (Å²) in [6.45, 7) is 1.96. The maximum absolute atomic E-state index is 12.3. The topological polar surface area (TPSA) is 38.3 Å². The van der Waals surface area contributed by atoms with Gasteiger partial charge >= 0.3 is 0 Å². The molecule has 0 aliphatic heterocycles. The second kappa shape index (κ2) is 6.29. The zero-order valence-corrected chi connectivity index (χ0v) is 12.2. The summed E-state index contributed by atoms with van der Waals surface area (Å²) in [5, 5.41) is 3.07. The molecule has 0 heterocycles. The largest absolute Gasteiger partial charge is 0.496 e. The van der Waals surface area contributed by atoms with E-state index < -0.39 is 0 Å². The highest BCUT2D eigenvalue weighted by Gasteiger charge is 2.25. The molecule has 1 saturated carbocycles. The number of carbonyl (C=O) groups is 1. The predicted octanol–water partition coefficient (Wildman–Crippen LogP) is 3.28. The number of hydrogen-bond acceptors (Lipinski definition) is 2. The van der Waals surface area contributed by atoms with Crippen molar-refractivity contribution in [3.63, 3.8) is 0 Å². The average Bonchev–Trinajstić information content (AvgIpc) is 2.41. The molecule has 0 saturated heterocycles. The zero-order valence-electron chi connectivity index (χ0n) is 11.4. The minimum absolute atomic E-state index is 0.0357. The molecule has 0 radical (unpaired) electrons. The summed E-state index contributed by atoms with van der Waals surface area (Å²) in [6, 6.07) is 5.66. The Morgan fingerprint density at radius 1 is 1.37 bits per heavy atom. The maximum atomic E-state index is 12.3. The number of amides is 1. The zero-order chi connectivity index (χ0) is 13.8. The van der Waals surface area contributed by atoms with Crippen LogP contribution in [0.25, 0.3) is 0 Å². The van der Waals surface area contributed by atoms with E-state index in [0.29, 0.717) is 11.3 Å². The van der Waals surface area contributed by atoms with Gasteiger partial charge in [0.05, 0.1) is 18.1 Å². The van der Waals surface area contributed by atoms with E-state index in [1.54, 1.807) is 7.11 Å². The first-order valence-corrected chi connectivity index (χ1v) is 7.15. The molecule has 104 valence electrons. The Hall–Kier alpha value is -1.22. The molecule has 1 aliphatic rings. The standard InChI is InChI=1S/C15H20ClNO2/c1-10-7-8-14(19-2)11(9-10)15(18)17-13-6-4-3-5-12(13)16/h7-9,12-13H,3-6H2,1-2H3,(H,17,18). The molecule has 0 bridgehead atoms. The molecule has 1 fully saturated rings. The Kier molecular flexibility index (Phi) is 4.70. The van der Waals surface area contributed by atoms with E-state index in [2.05, 4.69) is 5.32 Å². The first-order chi connectivity index (χ1) is 9.11. The van der Waals surface area contributed by atoms with Gasteiger partial charge in [-0.15, -0.1) is 11.6 Å². The predicted molar refractivity (Wildman–Crippen MR) is 77.1 cm³/mol. The molecule has 1 amide bonds. The van der Waals surface area contributed by atoms with Crippen molar-refractivity contribution < 1.29 is 9.53 Å². The molecule has 0 aromatic heterocycles. The molecule has 2 atom stereocenters. The molecule has 0 spiro atoms. The number of ether oxygens (including phenoxy) is 1. The van der Waals surface area contributed by atoms with E-state index in [0.717, 1.165) is 31.2 Å². The lowest BCUT2D eigenvalue weighted by atomic mass is 9.94. The van der Waals surface area contributed by atoms with Crippen molar-refractivity contribution in [3.05, 3.63) is 29.3 Å². The molecule has 1 aliphatic carbocycles. The minimum Gasteiger partial charge on any atom is -0.496 e. The van der Waals surface area contributed by atoms with Gasteiger partial charge < -0.3 is 10.1 Å². The fraction of sp³-hybridized carbons (Fsp3) is 0.533. The van der Waals surface area contributed by atoms with Crippen LogP contribution in [0.2, 0.25) is 0 Å². The molecule has 2 rings (SSSR count). The van der Waals surface area contributed by atoms with Crippen LogP contribution < -0.4 is 10.1 Å². The smallest absolute Gasteiger partial charge is 0.255 e. The highest BCUT2D eigenvalue weighted by molar-refractivity contribution is 6.21. The second-order valence-corrected chi connectivity index (χ2v) is 5.64. The summed E-state index contributed by atoms with van der Waals surface area (Å²) < 4.78 is 5.24. The molecule has 1 aromatic carbocycles. The van der Waals surface area contributed by atoms with Gasteiger partial charge in [0.25, 0.3) is 5.91 Å². The molecular formula is C15H20ClNO2. The van der Waals surface area contributed by atoms with Gasteiger partial charge in [0.2, 0.25) is 0 Å². The van der Waals surface area contributed by atoms with Crippen LogP contribution in [0, 0.1) is 6.92 Å². The van der Waals surface area contributed by atoms with Crippen LogP contribution in [0.4, 0.5) is 0 Å². The van der Waals surface area contributed by atoms with Crippen LogP contribution >= 0.6 is 11.6 Å². The number of carbonyl (C=O) groups excluding carboxylic acids is 1. The van der Waals surface area contributed by atoms with E-state index in [1.807, 2.05) is 25.1 Å². The summed E-state index contributed by atoms with van der Waals surface area (Å²) in [4.78, 5) is 12.3. The fourth-order valence-corrected chi connectivity index (χ4v) is 2.84. The van der Waals surface area contributed by atoms with Gasteiger partial charge in [0.1, 0.15) is 5.75 Å². The average molecular weight is 282 g/mol. The lowest BCUT2D eigenvalue weighted by Crippen LogP contribution is -2.42. The van der Waals surface area contributed by atoms with Gasteiger partial charge in [-0.2, -0.15) is 0 Å². The third-order valence-corrected chi connectivity index (χ3v) is 4.12. The molecule has 19 heavy (non-hydrogen) atoms. The van der Waals surface area contributed by atoms with E-state index in [-0.39, 0.29) is 17.3 Å². The van der Waals surface area contributed by atoms with E-state index in [4.69, 9.17) is 16.3 Å². The molecule has 3 nitrogen and oxygen atoms in total. The number of hydrogen-bond donors (Lipinski definition) is 1. The Morgan fingerprint density at radius 2 is 2.11 bits per heavy atom. The highest BCUT2D eigenvalue weighted by Crippen LogP contribution is 2.25. The van der Waals surface area contributed by atoms with Crippen LogP contribution in [-0.4, -0.2) is 24.4 Å². The maximum Gasteiger partial charge on any atom is 0.255 e. The van der Waals surface area contributed by atoms with Crippen LogP contribution in [0.15, 0.2) is 18.2 Å². The monoisotopic (exact) mass is 281 g/mol. The summed E-state index contributed by atoms with van der Waals surface area (Å²) in [5.74, 6) is 0.503. The van der Waals surface area contributed by atoms with Crippen molar-refractivity contribution in [1.29, 1.82) is 0 Å². The summed E-state index contributed by atoms with van der Waals surface area (Å²) in [5.41, 5.74) is 1.62. The molecule has 4 heteroatoms. The number of benzene rings is 1. The third-order valence-electron chi connectivity index (χ3n) is 3.60. The van der Waals surface area contributed by atoms with Crippen molar-refractivity contribution in [2.24, 2.45) is 0 Å². The highest BCUT2D eigenvalue weighted by atomic mass is 35.5. The first kappa shape index (κ1) is 14.2. The van der Waals surface area contributed by atoms with Crippen molar-refractivity contribution in [2.75, 3.05) is 7.11 Å². The summed E-state index contributed by atoms with van der Waals surface area (Å²) in [6.07, 6.45) is 4.19. The van der Waals surface area contributed by atoms with Crippen LogP contribution in [-0.2, 0) is 0 Å². The van der Waals surface area contributed by atoms with Gasteiger partial charge in [0, 0.05) is 6.04 Å². The van der Waals surface area contributed by atoms with Gasteiger partial charge in [-0.25, -0.2) is 0 Å². The van der Waals surface area contributed by atoms with Crippen molar-refractivity contribution in [3.8, 4) is 5.75 Å². The summed E-state index contributed by atoms with van der Waals surface area (Å²) >= 11 is 6.27. The molecule has 1 N–H and O–H groups in total. The lowest BCUT2D eigenvalue weighted by molar-refractivity contribution is 0.0925. The van der Waals surface area contributed by atoms with E-state index >= 15 is 0 Å². The van der Waals surface area contributed by atoms with E-state index in [9.17, 15) is 4.79 Å². The number of alkyl halides is 1. The lowest BCUT2D eigenvalue weighted by Gasteiger charge is -2.28. The van der Waals surface area contributed by atoms with Crippen LogP contribution in [0.3, 0.4) is 0 Å². The molecular weight excluding hydrogens is 262 g/mol.